The van der Waals surface area contributed by atoms with E-state index in [1.807, 2.05) is 17.0 Å². The van der Waals surface area contributed by atoms with Crippen LogP contribution in [0.25, 0.3) is 0 Å². The van der Waals surface area contributed by atoms with Crippen molar-refractivity contribution >= 4 is 5.91 Å². The molecule has 4 heteroatoms. The molecular weight excluding hydrogens is 276 g/mol. The van der Waals surface area contributed by atoms with Gasteiger partial charge >= 0.3 is 0 Å². The van der Waals surface area contributed by atoms with E-state index in [9.17, 15) is 4.79 Å². The Morgan fingerprint density at radius 1 is 1.14 bits per heavy atom. The molecule has 120 valence electrons. The molecular formula is C18H26N2O2. The van der Waals surface area contributed by atoms with Crippen molar-refractivity contribution in [3.8, 4) is 0 Å². The second-order valence-corrected chi connectivity index (χ2v) is 7.76. The maximum absolute atomic E-state index is 12.6. The van der Waals surface area contributed by atoms with E-state index in [1.54, 1.807) is 0 Å². The molecule has 2 heterocycles. The van der Waals surface area contributed by atoms with E-state index in [4.69, 9.17) is 4.74 Å². The number of nitrogens with zero attached hydrogens (tertiary/aromatic N) is 2. The van der Waals surface area contributed by atoms with Crippen molar-refractivity contribution in [2.75, 3.05) is 39.8 Å². The monoisotopic (exact) mass is 302 g/mol. The summed E-state index contributed by atoms with van der Waals surface area (Å²) in [6.45, 7) is 10.6. The number of carbonyl (C=O) groups excluding carboxylic acids is 1. The number of likely N-dealkylation sites (N-methyl/N-ethyl adjacent to an activating group) is 1. The van der Waals surface area contributed by atoms with Gasteiger partial charge in [0.1, 0.15) is 5.60 Å². The first kappa shape index (κ1) is 15.5. The van der Waals surface area contributed by atoms with Crippen molar-refractivity contribution in [1.29, 1.82) is 0 Å². The summed E-state index contributed by atoms with van der Waals surface area (Å²) in [5.41, 5.74) is 2.00. The lowest BCUT2D eigenvalue weighted by Crippen LogP contribution is -2.70. The highest BCUT2D eigenvalue weighted by Gasteiger charge is 2.48. The van der Waals surface area contributed by atoms with Gasteiger partial charge in [0.15, 0.2) is 0 Å². The summed E-state index contributed by atoms with van der Waals surface area (Å²) < 4.78 is 5.92. The van der Waals surface area contributed by atoms with E-state index in [-0.39, 0.29) is 16.9 Å². The van der Waals surface area contributed by atoms with Gasteiger partial charge in [-0.05, 0) is 30.2 Å². The Hall–Kier alpha value is -1.39. The molecule has 1 aromatic rings. The van der Waals surface area contributed by atoms with Crippen molar-refractivity contribution < 1.29 is 9.53 Å². The van der Waals surface area contributed by atoms with E-state index >= 15 is 0 Å². The van der Waals surface area contributed by atoms with E-state index in [0.29, 0.717) is 13.1 Å². The number of ether oxygens (including phenoxy) is 1. The summed E-state index contributed by atoms with van der Waals surface area (Å²) in [5, 5.41) is 0. The first-order chi connectivity index (χ1) is 10.3. The van der Waals surface area contributed by atoms with Crippen LogP contribution in [0.3, 0.4) is 0 Å². The summed E-state index contributed by atoms with van der Waals surface area (Å²) in [6, 6.07) is 8.02. The Balaban J connectivity index is 1.64. The smallest absolute Gasteiger partial charge is 0.254 e. The minimum Gasteiger partial charge on any atom is -0.369 e. The molecule has 0 atom stereocenters. The van der Waals surface area contributed by atoms with Gasteiger partial charge in [-0.1, -0.05) is 32.9 Å². The molecule has 22 heavy (non-hydrogen) atoms. The lowest BCUT2D eigenvalue weighted by atomic mass is 9.86. The van der Waals surface area contributed by atoms with Crippen molar-refractivity contribution in [1.82, 2.24) is 9.80 Å². The molecule has 0 bridgehead atoms. The molecule has 0 radical (unpaired) electrons. The molecule has 3 rings (SSSR count). The number of hydrogen-bond donors (Lipinski definition) is 0. The van der Waals surface area contributed by atoms with Crippen LogP contribution in [0, 0.1) is 0 Å². The average Bonchev–Trinajstić information content (AvgIpc) is 2.43. The number of morpholine rings is 1. The third-order valence-electron chi connectivity index (χ3n) is 4.68. The number of amides is 1. The molecule has 0 N–H and O–H groups in total. The van der Waals surface area contributed by atoms with Crippen molar-refractivity contribution in [3.05, 3.63) is 35.4 Å². The Kier molecular flexibility index (Phi) is 3.77. The molecule has 0 aliphatic carbocycles. The third-order valence-corrected chi connectivity index (χ3v) is 4.68. The van der Waals surface area contributed by atoms with Gasteiger partial charge in [0.05, 0.1) is 19.7 Å². The standard InChI is InChI=1S/C18H26N2O2/c1-17(2,3)15-7-5-14(6-8-15)16(21)20-12-18(13-20)11-19(4)9-10-22-18/h5-8H,9-13H2,1-4H3. The summed E-state index contributed by atoms with van der Waals surface area (Å²) in [4.78, 5) is 16.7. The van der Waals surface area contributed by atoms with Gasteiger partial charge in [-0.25, -0.2) is 0 Å². The largest absolute Gasteiger partial charge is 0.369 e. The first-order valence-corrected chi connectivity index (χ1v) is 8.01. The van der Waals surface area contributed by atoms with Gasteiger partial charge in [0.2, 0.25) is 0 Å². The molecule has 0 unspecified atom stereocenters. The maximum Gasteiger partial charge on any atom is 0.254 e. The van der Waals surface area contributed by atoms with Crippen LogP contribution in [0.4, 0.5) is 0 Å². The second kappa shape index (κ2) is 5.36. The van der Waals surface area contributed by atoms with Gasteiger partial charge in [-0.3, -0.25) is 4.79 Å². The minimum atomic E-state index is -0.131. The Morgan fingerprint density at radius 2 is 1.77 bits per heavy atom. The molecule has 2 fully saturated rings. The Labute approximate surface area is 133 Å². The van der Waals surface area contributed by atoms with Gasteiger partial charge in [-0.15, -0.1) is 0 Å². The highest BCUT2D eigenvalue weighted by atomic mass is 16.5. The molecule has 2 saturated heterocycles. The zero-order valence-corrected chi connectivity index (χ0v) is 14.1. The summed E-state index contributed by atoms with van der Waals surface area (Å²) >= 11 is 0. The zero-order valence-electron chi connectivity index (χ0n) is 14.1. The van der Waals surface area contributed by atoms with Gasteiger partial charge in [-0.2, -0.15) is 0 Å². The van der Waals surface area contributed by atoms with E-state index in [2.05, 4.69) is 44.9 Å². The molecule has 2 aliphatic heterocycles. The normalized spacial score (nSPS) is 21.7. The third kappa shape index (κ3) is 2.90. The molecule has 2 aliphatic rings. The van der Waals surface area contributed by atoms with Gasteiger partial charge in [0.25, 0.3) is 5.91 Å². The fourth-order valence-electron chi connectivity index (χ4n) is 3.31. The topological polar surface area (TPSA) is 32.8 Å². The highest BCUT2D eigenvalue weighted by molar-refractivity contribution is 5.95. The molecule has 1 spiro atoms. The van der Waals surface area contributed by atoms with Crippen LogP contribution < -0.4 is 0 Å². The van der Waals surface area contributed by atoms with Crippen LogP contribution in [0.15, 0.2) is 24.3 Å². The van der Waals surface area contributed by atoms with Crippen LogP contribution in [-0.4, -0.2) is 61.1 Å². The Bertz CT molecular complexity index is 553. The predicted molar refractivity (Wildman–Crippen MR) is 87.2 cm³/mol. The second-order valence-electron chi connectivity index (χ2n) is 7.76. The van der Waals surface area contributed by atoms with Crippen molar-refractivity contribution in [3.63, 3.8) is 0 Å². The minimum absolute atomic E-state index is 0.114. The van der Waals surface area contributed by atoms with Gasteiger partial charge < -0.3 is 14.5 Å². The lowest BCUT2D eigenvalue weighted by Gasteiger charge is -2.53. The SMILES string of the molecule is CN1CCOC2(C1)CN(C(=O)c1ccc(C(C)(C)C)cc1)C2. The quantitative estimate of drug-likeness (QED) is 0.797. The number of rotatable bonds is 1. The van der Waals surface area contributed by atoms with E-state index in [1.165, 1.54) is 5.56 Å². The summed E-state index contributed by atoms with van der Waals surface area (Å²) in [5.74, 6) is 0.114. The number of hydrogen-bond acceptors (Lipinski definition) is 3. The number of carbonyl (C=O) groups is 1. The van der Waals surface area contributed by atoms with E-state index < -0.39 is 0 Å². The molecule has 0 aromatic heterocycles. The summed E-state index contributed by atoms with van der Waals surface area (Å²) in [7, 11) is 2.11. The van der Waals surface area contributed by atoms with Gasteiger partial charge in [0, 0.05) is 18.7 Å². The average molecular weight is 302 g/mol. The summed E-state index contributed by atoms with van der Waals surface area (Å²) in [6.07, 6.45) is 0. The molecule has 1 amide bonds. The van der Waals surface area contributed by atoms with E-state index in [0.717, 1.165) is 25.3 Å². The van der Waals surface area contributed by atoms with Crippen LogP contribution in [0.5, 0.6) is 0 Å². The zero-order chi connectivity index (χ0) is 16.0. The first-order valence-electron chi connectivity index (χ1n) is 8.01. The fourth-order valence-corrected chi connectivity index (χ4v) is 3.31. The molecule has 4 nitrogen and oxygen atoms in total. The molecule has 1 aromatic carbocycles. The van der Waals surface area contributed by atoms with Crippen LogP contribution in [0.1, 0.15) is 36.7 Å². The highest BCUT2D eigenvalue weighted by Crippen LogP contribution is 2.30. The predicted octanol–water partition coefficient (Wildman–Crippen LogP) is 2.14. The molecule has 0 saturated carbocycles. The number of benzene rings is 1. The van der Waals surface area contributed by atoms with Crippen molar-refractivity contribution in [2.24, 2.45) is 0 Å². The van der Waals surface area contributed by atoms with Crippen LogP contribution >= 0.6 is 0 Å². The number of likely N-dealkylation sites (tertiary alicyclic amines) is 1. The lowest BCUT2D eigenvalue weighted by molar-refractivity contribution is -0.167. The van der Waals surface area contributed by atoms with Crippen LogP contribution in [0.2, 0.25) is 0 Å². The Morgan fingerprint density at radius 3 is 2.32 bits per heavy atom. The van der Waals surface area contributed by atoms with Crippen LogP contribution in [-0.2, 0) is 10.2 Å². The fraction of sp³-hybridized carbons (Fsp3) is 0.611. The van der Waals surface area contributed by atoms with Crippen molar-refractivity contribution in [2.45, 2.75) is 31.8 Å². The maximum atomic E-state index is 12.6.